The molecule has 2 aromatic carbocycles. The Morgan fingerprint density at radius 3 is 2.04 bits per heavy atom. The zero-order valence-electron chi connectivity index (χ0n) is 14.8. The van der Waals surface area contributed by atoms with Gasteiger partial charge in [0, 0.05) is 23.4 Å². The van der Waals surface area contributed by atoms with Gasteiger partial charge in [0.25, 0.3) is 5.91 Å². The first-order valence-electron chi connectivity index (χ1n) is 8.35. The molecule has 0 saturated heterocycles. The Balaban J connectivity index is 1.87. The minimum atomic E-state index is -0.982. The third kappa shape index (κ3) is 6.39. The van der Waals surface area contributed by atoms with Crippen molar-refractivity contribution < 1.29 is 24.3 Å². The van der Waals surface area contributed by atoms with Crippen molar-refractivity contribution in [1.29, 1.82) is 0 Å². The van der Waals surface area contributed by atoms with Gasteiger partial charge in [0.15, 0.2) is 5.78 Å². The highest BCUT2D eigenvalue weighted by Crippen LogP contribution is 2.11. The van der Waals surface area contributed by atoms with Gasteiger partial charge < -0.3 is 15.7 Å². The minimum Gasteiger partial charge on any atom is -0.481 e. The first-order chi connectivity index (χ1) is 12.8. The van der Waals surface area contributed by atoms with Crippen LogP contribution < -0.4 is 10.6 Å². The van der Waals surface area contributed by atoms with E-state index in [9.17, 15) is 19.2 Å². The van der Waals surface area contributed by atoms with Gasteiger partial charge in [-0.05, 0) is 36.8 Å². The summed E-state index contributed by atoms with van der Waals surface area (Å²) < 4.78 is 0. The quantitative estimate of drug-likeness (QED) is 0.619. The fourth-order valence-electron chi connectivity index (χ4n) is 2.34. The van der Waals surface area contributed by atoms with Crippen molar-refractivity contribution in [2.24, 2.45) is 0 Å². The van der Waals surface area contributed by atoms with E-state index < -0.39 is 5.97 Å². The molecule has 0 aromatic heterocycles. The van der Waals surface area contributed by atoms with Crippen LogP contribution in [0.4, 0.5) is 5.69 Å². The molecule has 0 aliphatic rings. The molecule has 0 aliphatic heterocycles. The van der Waals surface area contributed by atoms with Crippen LogP contribution in [0.5, 0.6) is 0 Å². The van der Waals surface area contributed by atoms with Gasteiger partial charge in [0.1, 0.15) is 0 Å². The Bertz CT molecular complexity index is 842. The summed E-state index contributed by atoms with van der Waals surface area (Å²) in [6.45, 7) is 1.53. The molecule has 2 rings (SSSR count). The molecule has 2 aromatic rings. The minimum absolute atomic E-state index is 0.0295. The molecule has 7 heteroatoms. The van der Waals surface area contributed by atoms with Gasteiger partial charge in [-0.15, -0.1) is 0 Å². The molecule has 0 saturated carbocycles. The number of rotatable bonds is 8. The molecule has 27 heavy (non-hydrogen) atoms. The lowest BCUT2D eigenvalue weighted by Crippen LogP contribution is -2.26. The number of nitrogens with one attached hydrogen (secondary N) is 2. The van der Waals surface area contributed by atoms with Crippen molar-refractivity contribution in [3.8, 4) is 0 Å². The Labute approximate surface area is 156 Å². The molecular formula is C20H20N2O5. The summed E-state index contributed by atoms with van der Waals surface area (Å²) in [4.78, 5) is 45.7. The van der Waals surface area contributed by atoms with Gasteiger partial charge in [-0.1, -0.05) is 24.3 Å². The van der Waals surface area contributed by atoms with Crippen molar-refractivity contribution >= 4 is 29.3 Å². The molecule has 0 atom stereocenters. The maximum Gasteiger partial charge on any atom is 0.305 e. The number of benzene rings is 2. The van der Waals surface area contributed by atoms with Gasteiger partial charge >= 0.3 is 5.97 Å². The third-order valence-electron chi connectivity index (χ3n) is 3.78. The zero-order valence-corrected chi connectivity index (χ0v) is 14.8. The van der Waals surface area contributed by atoms with Crippen LogP contribution in [0.1, 0.15) is 39.6 Å². The van der Waals surface area contributed by atoms with E-state index in [2.05, 4.69) is 10.6 Å². The Kier molecular flexibility index (Phi) is 6.82. The topological polar surface area (TPSA) is 113 Å². The summed E-state index contributed by atoms with van der Waals surface area (Å²) >= 11 is 0. The van der Waals surface area contributed by atoms with E-state index in [0.717, 1.165) is 5.56 Å². The van der Waals surface area contributed by atoms with E-state index in [1.165, 1.54) is 6.92 Å². The molecule has 3 N–H and O–H groups in total. The number of carboxylic acids is 1. The van der Waals surface area contributed by atoms with Gasteiger partial charge in [0.2, 0.25) is 5.91 Å². The Hall–Kier alpha value is -3.48. The van der Waals surface area contributed by atoms with Gasteiger partial charge in [0.05, 0.1) is 12.8 Å². The van der Waals surface area contributed by atoms with Crippen LogP contribution >= 0.6 is 0 Å². The number of carboxylic acid groups (broad SMARTS) is 1. The largest absolute Gasteiger partial charge is 0.481 e. The highest BCUT2D eigenvalue weighted by Gasteiger charge is 2.08. The lowest BCUT2D eigenvalue weighted by Gasteiger charge is -2.07. The second-order valence-corrected chi connectivity index (χ2v) is 5.96. The maximum atomic E-state index is 12.1. The highest BCUT2D eigenvalue weighted by atomic mass is 16.4. The predicted molar refractivity (Wildman–Crippen MR) is 99.8 cm³/mol. The van der Waals surface area contributed by atoms with E-state index in [4.69, 9.17) is 5.11 Å². The van der Waals surface area contributed by atoms with Gasteiger partial charge in [-0.3, -0.25) is 19.2 Å². The number of hydrogen-bond donors (Lipinski definition) is 3. The number of hydrogen-bond acceptors (Lipinski definition) is 4. The second kappa shape index (κ2) is 9.28. The van der Waals surface area contributed by atoms with Crippen molar-refractivity contribution in [3.05, 3.63) is 65.2 Å². The molecular weight excluding hydrogens is 348 g/mol. The van der Waals surface area contributed by atoms with Crippen molar-refractivity contribution in [3.63, 3.8) is 0 Å². The molecule has 0 unspecified atom stereocenters. The number of anilines is 1. The first-order valence-corrected chi connectivity index (χ1v) is 8.35. The predicted octanol–water partition coefficient (Wildman–Crippen LogP) is 2.27. The molecule has 140 valence electrons. The fourth-order valence-corrected chi connectivity index (χ4v) is 2.34. The fraction of sp³-hybridized carbons (Fsp3) is 0.200. The number of carbonyl (C=O) groups excluding carboxylic acids is 3. The number of carbonyl (C=O) groups is 4. The summed E-state index contributed by atoms with van der Waals surface area (Å²) in [6, 6.07) is 13.1. The first kappa shape index (κ1) is 19.8. The standard InChI is InChI=1S/C20H20N2O5/c1-13(23)15-4-2-14(3-5-15)12-18(24)22-17-8-6-16(7-9-17)20(27)21-11-10-19(25)26/h2-9H,10-12H2,1H3,(H,21,27)(H,22,24)(H,25,26). The second-order valence-electron chi connectivity index (χ2n) is 5.96. The van der Waals surface area contributed by atoms with Crippen LogP contribution in [0.3, 0.4) is 0 Å². The summed E-state index contributed by atoms with van der Waals surface area (Å²) in [6.07, 6.45) is 0.0168. The summed E-state index contributed by atoms with van der Waals surface area (Å²) in [5, 5.41) is 13.8. The molecule has 0 bridgehead atoms. The number of amides is 2. The summed E-state index contributed by atoms with van der Waals surface area (Å²) in [5.74, 6) is -1.61. The molecule has 0 aliphatic carbocycles. The van der Waals surface area contributed by atoms with E-state index in [1.54, 1.807) is 48.5 Å². The highest BCUT2D eigenvalue weighted by molar-refractivity contribution is 5.96. The molecule has 7 nitrogen and oxygen atoms in total. The Morgan fingerprint density at radius 1 is 0.889 bits per heavy atom. The maximum absolute atomic E-state index is 12.1. The molecule has 0 heterocycles. The smallest absolute Gasteiger partial charge is 0.305 e. The van der Waals surface area contributed by atoms with E-state index in [0.29, 0.717) is 16.8 Å². The molecule has 2 amide bonds. The van der Waals surface area contributed by atoms with Crippen LogP contribution in [0.25, 0.3) is 0 Å². The van der Waals surface area contributed by atoms with E-state index in [-0.39, 0.29) is 37.0 Å². The number of ketones is 1. The van der Waals surface area contributed by atoms with Gasteiger partial charge in [-0.25, -0.2) is 0 Å². The van der Waals surface area contributed by atoms with Crippen LogP contribution in [0, 0.1) is 0 Å². The van der Waals surface area contributed by atoms with Crippen molar-refractivity contribution in [2.75, 3.05) is 11.9 Å². The molecule has 0 spiro atoms. The SMILES string of the molecule is CC(=O)c1ccc(CC(=O)Nc2ccc(C(=O)NCCC(=O)O)cc2)cc1. The summed E-state index contributed by atoms with van der Waals surface area (Å²) in [7, 11) is 0. The zero-order chi connectivity index (χ0) is 19.8. The van der Waals surface area contributed by atoms with Crippen LogP contribution in [0.2, 0.25) is 0 Å². The molecule has 0 radical (unpaired) electrons. The summed E-state index contributed by atoms with van der Waals surface area (Å²) in [5.41, 5.74) is 2.30. The molecule has 0 fully saturated rings. The van der Waals surface area contributed by atoms with Crippen molar-refractivity contribution in [2.45, 2.75) is 19.8 Å². The van der Waals surface area contributed by atoms with Crippen LogP contribution in [0.15, 0.2) is 48.5 Å². The lowest BCUT2D eigenvalue weighted by molar-refractivity contribution is -0.136. The van der Waals surface area contributed by atoms with Gasteiger partial charge in [-0.2, -0.15) is 0 Å². The number of aliphatic carboxylic acids is 1. The Morgan fingerprint density at radius 2 is 1.48 bits per heavy atom. The van der Waals surface area contributed by atoms with E-state index in [1.807, 2.05) is 0 Å². The number of Topliss-reactive ketones (excluding diaryl/α,β-unsaturated/α-hetero) is 1. The van der Waals surface area contributed by atoms with E-state index >= 15 is 0 Å². The monoisotopic (exact) mass is 368 g/mol. The van der Waals surface area contributed by atoms with Crippen molar-refractivity contribution in [1.82, 2.24) is 5.32 Å². The lowest BCUT2D eigenvalue weighted by atomic mass is 10.1. The average Bonchev–Trinajstić information content (AvgIpc) is 2.62. The normalized spacial score (nSPS) is 10.1. The average molecular weight is 368 g/mol. The van der Waals surface area contributed by atoms with Crippen LogP contribution in [-0.2, 0) is 16.0 Å². The van der Waals surface area contributed by atoms with Crippen LogP contribution in [-0.4, -0.2) is 35.2 Å². The third-order valence-corrected chi connectivity index (χ3v) is 3.78.